The fourth-order valence-corrected chi connectivity index (χ4v) is 2.23. The van der Waals surface area contributed by atoms with Gasteiger partial charge in [-0.15, -0.1) is 0 Å². The topological polar surface area (TPSA) is 37.8 Å². The van der Waals surface area contributed by atoms with E-state index < -0.39 is 0 Å². The molecule has 2 rings (SSSR count). The van der Waals surface area contributed by atoms with Gasteiger partial charge in [0.1, 0.15) is 5.82 Å². The molecule has 0 aliphatic carbocycles. The Morgan fingerprint density at radius 1 is 1.32 bits per heavy atom. The molecule has 0 fully saturated rings. The van der Waals surface area contributed by atoms with Gasteiger partial charge in [0, 0.05) is 22.8 Å². The predicted octanol–water partition coefficient (Wildman–Crippen LogP) is 3.16. The summed E-state index contributed by atoms with van der Waals surface area (Å²) in [6, 6.07) is 6.57. The minimum absolute atomic E-state index is 0.0325. The van der Waals surface area contributed by atoms with Crippen molar-refractivity contribution in [2.24, 2.45) is 0 Å². The third-order valence-electron chi connectivity index (χ3n) is 2.93. The summed E-state index contributed by atoms with van der Waals surface area (Å²) in [5.41, 5.74) is 1.49. The summed E-state index contributed by atoms with van der Waals surface area (Å²) in [6.07, 6.45) is 3.79. The van der Waals surface area contributed by atoms with E-state index in [-0.39, 0.29) is 11.9 Å². The van der Waals surface area contributed by atoms with Crippen LogP contribution in [0.1, 0.15) is 24.1 Å². The maximum atomic E-state index is 13.8. The Hall–Kier alpha value is -1.52. The van der Waals surface area contributed by atoms with Gasteiger partial charge in [-0.25, -0.2) is 4.39 Å². The van der Waals surface area contributed by atoms with E-state index in [0.717, 1.165) is 12.1 Å². The van der Waals surface area contributed by atoms with Crippen LogP contribution in [-0.4, -0.2) is 16.7 Å². The molecule has 0 bridgehead atoms. The number of benzene rings is 1. The van der Waals surface area contributed by atoms with Crippen LogP contribution < -0.4 is 5.32 Å². The molecule has 0 saturated heterocycles. The number of nitrogens with one attached hydrogen (secondary N) is 1. The summed E-state index contributed by atoms with van der Waals surface area (Å²) in [5.74, 6) is -0.280. The zero-order valence-corrected chi connectivity index (χ0v) is 11.4. The Balaban J connectivity index is 2.27. The first-order chi connectivity index (χ1) is 9.22. The van der Waals surface area contributed by atoms with Crippen molar-refractivity contribution >= 4 is 11.6 Å². The van der Waals surface area contributed by atoms with Crippen LogP contribution in [0.25, 0.3) is 0 Å². The van der Waals surface area contributed by atoms with Crippen LogP contribution in [0.3, 0.4) is 0 Å². The Labute approximate surface area is 116 Å². The van der Waals surface area contributed by atoms with Crippen molar-refractivity contribution in [2.45, 2.75) is 19.4 Å². The fourth-order valence-electron chi connectivity index (χ4n) is 1.99. The van der Waals surface area contributed by atoms with E-state index in [1.807, 2.05) is 13.0 Å². The van der Waals surface area contributed by atoms with Crippen LogP contribution in [-0.2, 0) is 6.42 Å². The fraction of sp³-hybridized carbons (Fsp3) is 0.286. The average Bonchev–Trinajstić information content (AvgIpc) is 2.43. The molecule has 100 valence electrons. The van der Waals surface area contributed by atoms with Crippen LogP contribution >= 0.6 is 11.6 Å². The van der Waals surface area contributed by atoms with Gasteiger partial charge in [-0.3, -0.25) is 0 Å². The lowest BCUT2D eigenvalue weighted by molar-refractivity contribution is 0.526. The zero-order valence-electron chi connectivity index (χ0n) is 10.6. The Morgan fingerprint density at radius 2 is 2.16 bits per heavy atom. The van der Waals surface area contributed by atoms with Crippen LogP contribution in [0.15, 0.2) is 36.7 Å². The molecule has 0 spiro atoms. The maximum absolute atomic E-state index is 13.8. The smallest absolute Gasteiger partial charge is 0.127 e. The summed E-state index contributed by atoms with van der Waals surface area (Å²) in [4.78, 5) is 0. The molecule has 0 radical (unpaired) electrons. The number of nitrogens with zero attached hydrogens (tertiary/aromatic N) is 2. The van der Waals surface area contributed by atoms with E-state index in [4.69, 9.17) is 11.6 Å². The minimum atomic E-state index is -0.280. The second-order valence-corrected chi connectivity index (χ2v) is 4.60. The van der Waals surface area contributed by atoms with Crippen LogP contribution in [0.4, 0.5) is 4.39 Å². The maximum Gasteiger partial charge on any atom is 0.127 e. The number of aromatic nitrogens is 2. The van der Waals surface area contributed by atoms with Crippen molar-refractivity contribution in [1.29, 1.82) is 0 Å². The Morgan fingerprint density at radius 3 is 2.79 bits per heavy atom. The first-order valence-corrected chi connectivity index (χ1v) is 6.53. The Kier molecular flexibility index (Phi) is 4.82. The highest BCUT2D eigenvalue weighted by Gasteiger charge is 2.16. The molecule has 0 aliphatic rings. The summed E-state index contributed by atoms with van der Waals surface area (Å²) < 4.78 is 13.8. The number of likely N-dealkylation sites (N-methyl/N-ethyl adjacent to an activating group) is 1. The monoisotopic (exact) mass is 279 g/mol. The van der Waals surface area contributed by atoms with Crippen molar-refractivity contribution in [2.75, 3.05) is 6.54 Å². The van der Waals surface area contributed by atoms with E-state index in [1.165, 1.54) is 6.07 Å². The number of hydrogen-bond acceptors (Lipinski definition) is 3. The van der Waals surface area contributed by atoms with E-state index in [2.05, 4.69) is 15.5 Å². The molecule has 1 unspecified atom stereocenters. The van der Waals surface area contributed by atoms with E-state index in [0.29, 0.717) is 17.0 Å². The molecule has 1 aromatic heterocycles. The van der Waals surface area contributed by atoms with Crippen molar-refractivity contribution in [3.63, 3.8) is 0 Å². The second kappa shape index (κ2) is 6.59. The predicted molar refractivity (Wildman–Crippen MR) is 73.6 cm³/mol. The van der Waals surface area contributed by atoms with Crippen molar-refractivity contribution in [3.8, 4) is 0 Å². The average molecular weight is 280 g/mol. The lowest BCUT2D eigenvalue weighted by Crippen LogP contribution is -2.23. The molecule has 1 atom stereocenters. The quantitative estimate of drug-likeness (QED) is 0.914. The highest BCUT2D eigenvalue weighted by atomic mass is 35.5. The van der Waals surface area contributed by atoms with Crippen LogP contribution in [0.2, 0.25) is 5.02 Å². The molecule has 2 aromatic rings. The largest absolute Gasteiger partial charge is 0.310 e. The lowest BCUT2D eigenvalue weighted by atomic mass is 10.00. The molecule has 0 saturated carbocycles. The number of halogens is 2. The number of hydrogen-bond donors (Lipinski definition) is 1. The van der Waals surface area contributed by atoms with Gasteiger partial charge in [0.05, 0.1) is 6.20 Å². The van der Waals surface area contributed by atoms with Gasteiger partial charge in [-0.1, -0.05) is 24.6 Å². The normalized spacial score (nSPS) is 12.4. The highest BCUT2D eigenvalue weighted by molar-refractivity contribution is 6.31. The molecule has 1 aromatic carbocycles. The van der Waals surface area contributed by atoms with E-state index in [1.54, 1.807) is 24.5 Å². The number of rotatable bonds is 5. The van der Waals surface area contributed by atoms with Crippen molar-refractivity contribution in [3.05, 3.63) is 58.6 Å². The van der Waals surface area contributed by atoms with Gasteiger partial charge >= 0.3 is 0 Å². The van der Waals surface area contributed by atoms with Crippen LogP contribution in [0, 0.1) is 5.82 Å². The van der Waals surface area contributed by atoms with Crippen molar-refractivity contribution < 1.29 is 4.39 Å². The minimum Gasteiger partial charge on any atom is -0.310 e. The molecule has 19 heavy (non-hydrogen) atoms. The van der Waals surface area contributed by atoms with Gasteiger partial charge in [0.15, 0.2) is 0 Å². The summed E-state index contributed by atoms with van der Waals surface area (Å²) in [6.45, 7) is 2.78. The molecular weight excluding hydrogens is 265 g/mol. The first kappa shape index (κ1) is 13.9. The molecule has 1 N–H and O–H groups in total. The van der Waals surface area contributed by atoms with Crippen LogP contribution in [0.5, 0.6) is 0 Å². The van der Waals surface area contributed by atoms with E-state index >= 15 is 0 Å². The lowest BCUT2D eigenvalue weighted by Gasteiger charge is -2.18. The van der Waals surface area contributed by atoms with E-state index in [9.17, 15) is 4.39 Å². The van der Waals surface area contributed by atoms with Gasteiger partial charge in [0.25, 0.3) is 0 Å². The SMILES string of the molecule is CCNC(Cc1c(F)cccc1Cl)c1ccnnc1. The molecular formula is C14H15ClFN3. The Bertz CT molecular complexity index is 513. The molecule has 0 aliphatic heterocycles. The van der Waals surface area contributed by atoms with Gasteiger partial charge in [-0.2, -0.15) is 10.2 Å². The standard InChI is InChI=1S/C14H15ClFN3/c1-2-17-14(10-6-7-18-19-9-10)8-11-12(15)4-3-5-13(11)16/h3-7,9,14,17H,2,8H2,1H3. The van der Waals surface area contributed by atoms with Gasteiger partial charge < -0.3 is 5.32 Å². The van der Waals surface area contributed by atoms with Gasteiger partial charge in [0.2, 0.25) is 0 Å². The third kappa shape index (κ3) is 3.49. The second-order valence-electron chi connectivity index (χ2n) is 4.19. The summed E-state index contributed by atoms with van der Waals surface area (Å²) in [7, 11) is 0. The summed E-state index contributed by atoms with van der Waals surface area (Å²) in [5, 5.41) is 11.4. The molecule has 5 heteroatoms. The summed E-state index contributed by atoms with van der Waals surface area (Å²) >= 11 is 6.07. The molecule has 1 heterocycles. The van der Waals surface area contributed by atoms with Crippen molar-refractivity contribution in [1.82, 2.24) is 15.5 Å². The first-order valence-electron chi connectivity index (χ1n) is 6.15. The molecule has 0 amide bonds. The molecule has 3 nitrogen and oxygen atoms in total. The third-order valence-corrected chi connectivity index (χ3v) is 3.28. The highest BCUT2D eigenvalue weighted by Crippen LogP contribution is 2.25. The zero-order chi connectivity index (χ0) is 13.7. The van der Waals surface area contributed by atoms with Gasteiger partial charge in [-0.05, 0) is 36.7 Å².